The number of carbonyl (C=O) groups is 2. The summed E-state index contributed by atoms with van der Waals surface area (Å²) in [4.78, 5) is 28.6. The van der Waals surface area contributed by atoms with E-state index in [4.69, 9.17) is 5.73 Å². The molecule has 0 saturated heterocycles. The van der Waals surface area contributed by atoms with E-state index in [9.17, 15) is 9.59 Å². The smallest absolute Gasteiger partial charge is 0.232 e. The van der Waals surface area contributed by atoms with Crippen molar-refractivity contribution in [2.75, 3.05) is 5.73 Å². The monoisotopic (exact) mass is 554 g/mol. The lowest BCUT2D eigenvalue weighted by molar-refractivity contribution is -0.150. The highest BCUT2D eigenvalue weighted by molar-refractivity contribution is 6.00. The van der Waals surface area contributed by atoms with Crippen molar-refractivity contribution in [3.05, 3.63) is 64.2 Å². The number of rotatable bonds is 3. The molecular weight excluding hydrogens is 504 g/mol. The Balaban J connectivity index is 1.28. The average molecular weight is 555 g/mol. The van der Waals surface area contributed by atoms with E-state index in [2.05, 4.69) is 77.2 Å². The van der Waals surface area contributed by atoms with E-state index >= 15 is 0 Å². The van der Waals surface area contributed by atoms with Crippen LogP contribution in [0.4, 0.5) is 5.69 Å². The standard InChI is InChI=1S/C37H50N2O2/c1-23(2)26-10-9-24-12-15-30-34(3,28(24)21-26)17-7-19-36(30,5)32(40)39-33(41)37(6)20-8-18-35(4)29-22-27(38)14-11-25(29)13-16-31(35)37/h9-11,14,21-23,30-31H,7-8,12-13,15-20,38H2,1-6H3,(H,39,40,41)/t30-,31-,34-,35-,36+,37+/m1/s1. The number of nitrogens with two attached hydrogens (primary N) is 1. The fourth-order valence-corrected chi connectivity index (χ4v) is 10.2. The number of nitrogens with one attached hydrogen (secondary N) is 1. The molecule has 6 atom stereocenters. The average Bonchev–Trinajstić information content (AvgIpc) is 2.92. The van der Waals surface area contributed by atoms with E-state index in [0.717, 1.165) is 69.9 Å². The minimum atomic E-state index is -0.579. The highest BCUT2D eigenvalue weighted by Crippen LogP contribution is 2.59. The summed E-state index contributed by atoms with van der Waals surface area (Å²) < 4.78 is 0. The van der Waals surface area contributed by atoms with Crippen LogP contribution >= 0.6 is 0 Å². The maximum Gasteiger partial charge on any atom is 0.232 e. The molecule has 4 aliphatic carbocycles. The molecule has 0 aromatic heterocycles. The SMILES string of the molecule is CC(C)c1ccc2c(c1)[C@@]1(C)CCC[C@](C)(C(=O)NC(=O)[C@@]3(C)CCC[C@]4(C)c5cc(N)ccc5CC[C@@H]34)[C@@H]1CC2. The number of benzene rings is 2. The van der Waals surface area contributed by atoms with E-state index in [-0.39, 0.29) is 34.5 Å². The van der Waals surface area contributed by atoms with Gasteiger partial charge in [-0.2, -0.15) is 0 Å². The number of carbonyl (C=O) groups excluding carboxylic acids is 2. The lowest BCUT2D eigenvalue weighted by atomic mass is 9.49. The van der Waals surface area contributed by atoms with Crippen LogP contribution in [0, 0.1) is 22.7 Å². The van der Waals surface area contributed by atoms with E-state index < -0.39 is 10.8 Å². The van der Waals surface area contributed by atoms with Gasteiger partial charge in [0, 0.05) is 5.69 Å². The summed E-state index contributed by atoms with van der Waals surface area (Å²) in [6.07, 6.45) is 9.75. The second kappa shape index (κ2) is 9.71. The van der Waals surface area contributed by atoms with Crippen LogP contribution in [0.2, 0.25) is 0 Å². The first kappa shape index (κ1) is 28.5. The molecule has 0 aliphatic heterocycles. The summed E-state index contributed by atoms with van der Waals surface area (Å²) in [5.74, 6) is 0.783. The van der Waals surface area contributed by atoms with Crippen molar-refractivity contribution in [2.45, 2.75) is 122 Å². The fourth-order valence-electron chi connectivity index (χ4n) is 10.2. The summed E-state index contributed by atoms with van der Waals surface area (Å²) >= 11 is 0. The van der Waals surface area contributed by atoms with Crippen LogP contribution in [0.15, 0.2) is 36.4 Å². The van der Waals surface area contributed by atoms with Gasteiger partial charge >= 0.3 is 0 Å². The number of nitrogen functional groups attached to an aromatic ring is 1. The normalized spacial score (nSPS) is 36.0. The Morgan fingerprint density at radius 3 is 1.76 bits per heavy atom. The zero-order valence-electron chi connectivity index (χ0n) is 26.2. The number of aryl methyl sites for hydroxylation is 2. The van der Waals surface area contributed by atoms with Crippen LogP contribution in [-0.2, 0) is 33.3 Å². The second-order valence-electron chi connectivity index (χ2n) is 15.3. The third-order valence-electron chi connectivity index (χ3n) is 12.7. The van der Waals surface area contributed by atoms with Crippen LogP contribution < -0.4 is 11.1 Å². The van der Waals surface area contributed by atoms with Crippen molar-refractivity contribution in [3.63, 3.8) is 0 Å². The lowest BCUT2D eigenvalue weighted by Crippen LogP contribution is -2.60. The van der Waals surface area contributed by atoms with Crippen LogP contribution in [0.25, 0.3) is 0 Å². The van der Waals surface area contributed by atoms with Crippen molar-refractivity contribution in [3.8, 4) is 0 Å². The minimum absolute atomic E-state index is 0.0455. The highest BCUT2D eigenvalue weighted by atomic mass is 16.2. The summed E-state index contributed by atoms with van der Waals surface area (Å²) in [5, 5.41) is 3.09. The minimum Gasteiger partial charge on any atom is -0.399 e. The summed E-state index contributed by atoms with van der Waals surface area (Å²) in [6, 6.07) is 13.4. The molecule has 0 unspecified atom stereocenters. The van der Waals surface area contributed by atoms with Gasteiger partial charge in [-0.25, -0.2) is 0 Å². The van der Waals surface area contributed by atoms with Crippen molar-refractivity contribution >= 4 is 17.5 Å². The molecular formula is C37H50N2O2. The van der Waals surface area contributed by atoms with Gasteiger partial charge in [-0.15, -0.1) is 0 Å². The molecule has 3 N–H and O–H groups in total. The first-order valence-electron chi connectivity index (χ1n) is 16.2. The first-order valence-corrected chi connectivity index (χ1v) is 16.2. The first-order chi connectivity index (χ1) is 19.3. The molecule has 2 fully saturated rings. The molecule has 0 radical (unpaired) electrons. The maximum atomic E-state index is 14.3. The quantitative estimate of drug-likeness (QED) is 0.301. The zero-order chi connectivity index (χ0) is 29.4. The maximum absolute atomic E-state index is 14.3. The van der Waals surface area contributed by atoms with Gasteiger partial charge in [-0.05, 0) is 120 Å². The topological polar surface area (TPSA) is 72.2 Å². The summed E-state index contributed by atoms with van der Waals surface area (Å²) in [7, 11) is 0. The Morgan fingerprint density at radius 2 is 1.24 bits per heavy atom. The number of hydrogen-bond donors (Lipinski definition) is 2. The van der Waals surface area contributed by atoms with E-state index in [1.165, 1.54) is 27.8 Å². The predicted octanol–water partition coefficient (Wildman–Crippen LogP) is 7.76. The molecule has 2 amide bonds. The molecule has 4 heteroatoms. The zero-order valence-corrected chi connectivity index (χ0v) is 26.2. The van der Waals surface area contributed by atoms with Gasteiger partial charge in [-0.3, -0.25) is 14.9 Å². The van der Waals surface area contributed by atoms with Crippen LogP contribution in [0.1, 0.15) is 127 Å². The van der Waals surface area contributed by atoms with Crippen LogP contribution in [-0.4, -0.2) is 11.8 Å². The predicted molar refractivity (Wildman–Crippen MR) is 167 cm³/mol. The number of imide groups is 1. The molecule has 4 aliphatic rings. The Kier molecular flexibility index (Phi) is 6.75. The van der Waals surface area contributed by atoms with Gasteiger partial charge in [0.1, 0.15) is 0 Å². The van der Waals surface area contributed by atoms with E-state index in [1.54, 1.807) is 0 Å². The number of amides is 2. The summed E-state index contributed by atoms with van der Waals surface area (Å²) in [6.45, 7) is 13.5. The molecule has 4 nitrogen and oxygen atoms in total. The molecule has 2 aromatic rings. The van der Waals surface area contributed by atoms with Gasteiger partial charge in [0.25, 0.3) is 0 Å². The third kappa shape index (κ3) is 4.21. The van der Waals surface area contributed by atoms with Crippen molar-refractivity contribution < 1.29 is 9.59 Å². The molecule has 6 rings (SSSR count). The Morgan fingerprint density at radius 1 is 0.756 bits per heavy atom. The van der Waals surface area contributed by atoms with Gasteiger partial charge < -0.3 is 5.73 Å². The van der Waals surface area contributed by atoms with Gasteiger partial charge in [0.05, 0.1) is 10.8 Å². The third-order valence-corrected chi connectivity index (χ3v) is 12.7. The molecule has 0 spiro atoms. The van der Waals surface area contributed by atoms with Gasteiger partial charge in [0.15, 0.2) is 0 Å². The molecule has 0 heterocycles. The molecule has 2 aromatic carbocycles. The molecule has 220 valence electrons. The molecule has 41 heavy (non-hydrogen) atoms. The Labute approximate surface area is 247 Å². The van der Waals surface area contributed by atoms with Crippen LogP contribution in [0.3, 0.4) is 0 Å². The van der Waals surface area contributed by atoms with Gasteiger partial charge in [0.2, 0.25) is 11.8 Å². The summed E-state index contributed by atoms with van der Waals surface area (Å²) in [5.41, 5.74) is 12.7. The van der Waals surface area contributed by atoms with Gasteiger partial charge in [-0.1, -0.05) is 78.6 Å². The molecule has 0 bridgehead atoms. The van der Waals surface area contributed by atoms with Crippen LogP contribution in [0.5, 0.6) is 0 Å². The number of hydrogen-bond acceptors (Lipinski definition) is 3. The number of fused-ring (bicyclic) bond motifs is 6. The van der Waals surface area contributed by atoms with E-state index in [1.807, 2.05) is 6.07 Å². The molecule has 2 saturated carbocycles. The van der Waals surface area contributed by atoms with Crippen molar-refractivity contribution in [2.24, 2.45) is 22.7 Å². The Bertz CT molecular complexity index is 1400. The fraction of sp³-hybridized carbons (Fsp3) is 0.622. The van der Waals surface area contributed by atoms with Crippen molar-refractivity contribution in [1.82, 2.24) is 5.32 Å². The lowest BCUT2D eigenvalue weighted by Gasteiger charge is -2.56. The van der Waals surface area contributed by atoms with E-state index in [0.29, 0.717) is 5.92 Å². The largest absolute Gasteiger partial charge is 0.399 e. The Hall–Kier alpha value is -2.62. The second-order valence-corrected chi connectivity index (χ2v) is 15.3. The van der Waals surface area contributed by atoms with Crippen molar-refractivity contribution in [1.29, 1.82) is 0 Å². The number of anilines is 1. The highest BCUT2D eigenvalue weighted by Gasteiger charge is 2.58.